The minimum Gasteiger partial charge on any atom is -0.308 e. The van der Waals surface area contributed by atoms with Gasteiger partial charge in [-0.05, 0) is 36.1 Å². The molecule has 0 aliphatic rings. The normalized spacial score (nSPS) is 11.8. The van der Waals surface area contributed by atoms with Crippen LogP contribution >= 0.6 is 15.9 Å². The molecule has 7 nitrogen and oxygen atoms in total. The Morgan fingerprint density at radius 2 is 2.17 bits per heavy atom. The number of halogens is 1. The molecule has 0 saturated carbocycles. The quantitative estimate of drug-likeness (QED) is 0.498. The molecule has 0 saturated heterocycles. The lowest BCUT2D eigenvalue weighted by Crippen LogP contribution is -2.32. The van der Waals surface area contributed by atoms with Crippen LogP contribution in [0.3, 0.4) is 0 Å². The standard InChI is InChI=1S/C9H16BrN5O2S/c1-15(2)4-3-13-18(16,17)8-5-7(10)6-12-9(8)14-11/h5-6,13H,3-4,11H2,1-2H3,(H,12,14). The van der Waals surface area contributed by atoms with Gasteiger partial charge in [0.2, 0.25) is 10.0 Å². The van der Waals surface area contributed by atoms with Crippen LogP contribution in [0.1, 0.15) is 0 Å². The van der Waals surface area contributed by atoms with E-state index in [1.54, 1.807) is 0 Å². The highest BCUT2D eigenvalue weighted by molar-refractivity contribution is 9.10. The highest BCUT2D eigenvalue weighted by Gasteiger charge is 2.19. The van der Waals surface area contributed by atoms with Crippen molar-refractivity contribution < 1.29 is 8.42 Å². The van der Waals surface area contributed by atoms with Crippen LogP contribution in [0.15, 0.2) is 21.6 Å². The molecule has 4 N–H and O–H groups in total. The van der Waals surface area contributed by atoms with E-state index in [4.69, 9.17) is 5.84 Å². The highest BCUT2D eigenvalue weighted by atomic mass is 79.9. The largest absolute Gasteiger partial charge is 0.308 e. The third-order valence-electron chi connectivity index (χ3n) is 2.10. The maximum atomic E-state index is 12.1. The Balaban J connectivity index is 2.93. The molecule has 1 aromatic heterocycles. The molecular formula is C9H16BrN5O2S. The van der Waals surface area contributed by atoms with Gasteiger partial charge in [-0.15, -0.1) is 0 Å². The number of sulfonamides is 1. The summed E-state index contributed by atoms with van der Waals surface area (Å²) in [5.74, 6) is 5.35. The van der Waals surface area contributed by atoms with Crippen LogP contribution in [0.5, 0.6) is 0 Å². The highest BCUT2D eigenvalue weighted by Crippen LogP contribution is 2.21. The van der Waals surface area contributed by atoms with Crippen molar-refractivity contribution in [3.05, 3.63) is 16.7 Å². The monoisotopic (exact) mass is 337 g/mol. The summed E-state index contributed by atoms with van der Waals surface area (Å²) in [6, 6.07) is 1.44. The maximum absolute atomic E-state index is 12.1. The van der Waals surface area contributed by atoms with Crippen molar-refractivity contribution in [1.29, 1.82) is 0 Å². The Bertz CT molecular complexity index is 506. The maximum Gasteiger partial charge on any atom is 0.244 e. The summed E-state index contributed by atoms with van der Waals surface area (Å²) in [4.78, 5) is 5.78. The van der Waals surface area contributed by atoms with Crippen LogP contribution in [-0.2, 0) is 10.0 Å². The number of hydrogen-bond donors (Lipinski definition) is 3. The van der Waals surface area contributed by atoms with Gasteiger partial charge in [-0.1, -0.05) is 0 Å². The molecule has 0 aliphatic heterocycles. The van der Waals surface area contributed by atoms with E-state index in [1.165, 1.54) is 12.3 Å². The van der Waals surface area contributed by atoms with Gasteiger partial charge in [-0.25, -0.2) is 24.0 Å². The molecular weight excluding hydrogens is 322 g/mol. The lowest BCUT2D eigenvalue weighted by molar-refractivity contribution is 0.412. The Kier molecular flexibility index (Phi) is 5.47. The van der Waals surface area contributed by atoms with E-state index in [0.29, 0.717) is 17.6 Å². The van der Waals surface area contributed by atoms with Gasteiger partial charge in [0.05, 0.1) is 0 Å². The second kappa shape index (κ2) is 6.43. The fourth-order valence-corrected chi connectivity index (χ4v) is 2.86. The number of nitrogen functional groups attached to an aromatic ring is 1. The Labute approximate surface area is 115 Å². The Morgan fingerprint density at radius 1 is 1.50 bits per heavy atom. The second-order valence-electron chi connectivity index (χ2n) is 3.85. The van der Waals surface area contributed by atoms with Gasteiger partial charge in [0, 0.05) is 23.8 Å². The smallest absolute Gasteiger partial charge is 0.244 e. The molecule has 9 heteroatoms. The number of nitrogens with one attached hydrogen (secondary N) is 2. The molecule has 0 aromatic carbocycles. The van der Waals surface area contributed by atoms with Gasteiger partial charge in [-0.3, -0.25) is 0 Å². The molecule has 0 bridgehead atoms. The molecule has 0 fully saturated rings. The van der Waals surface area contributed by atoms with Crippen LogP contribution in [0.25, 0.3) is 0 Å². The first-order chi connectivity index (χ1) is 8.36. The summed E-state index contributed by atoms with van der Waals surface area (Å²) in [5.41, 5.74) is 2.27. The zero-order valence-electron chi connectivity index (χ0n) is 10.1. The summed E-state index contributed by atoms with van der Waals surface area (Å²) in [6.45, 7) is 0.915. The second-order valence-corrected chi connectivity index (χ2v) is 6.50. The van der Waals surface area contributed by atoms with Gasteiger partial charge in [0.25, 0.3) is 0 Å². The van der Waals surface area contributed by atoms with E-state index in [2.05, 4.69) is 31.1 Å². The Hall–Kier alpha value is -0.740. The summed E-state index contributed by atoms with van der Waals surface area (Å²) in [7, 11) is 0.0930. The minimum absolute atomic E-state index is 0.0122. The Morgan fingerprint density at radius 3 is 2.72 bits per heavy atom. The van der Waals surface area contributed by atoms with Crippen molar-refractivity contribution in [3.63, 3.8) is 0 Å². The number of nitrogens with zero attached hydrogens (tertiary/aromatic N) is 2. The third-order valence-corrected chi connectivity index (χ3v) is 4.00. The molecule has 18 heavy (non-hydrogen) atoms. The van der Waals surface area contributed by atoms with Crippen molar-refractivity contribution in [2.24, 2.45) is 5.84 Å². The van der Waals surface area contributed by atoms with E-state index in [1.807, 2.05) is 19.0 Å². The number of aromatic nitrogens is 1. The number of rotatable bonds is 6. The summed E-state index contributed by atoms with van der Waals surface area (Å²) >= 11 is 3.18. The number of pyridine rings is 1. The average molecular weight is 338 g/mol. The van der Waals surface area contributed by atoms with Crippen molar-refractivity contribution in [2.45, 2.75) is 4.90 Å². The zero-order chi connectivity index (χ0) is 13.8. The molecule has 1 rings (SSSR count). The van der Waals surface area contributed by atoms with Crippen LogP contribution in [0.2, 0.25) is 0 Å². The van der Waals surface area contributed by atoms with E-state index < -0.39 is 10.0 Å². The van der Waals surface area contributed by atoms with Gasteiger partial charge in [-0.2, -0.15) is 0 Å². The molecule has 0 spiro atoms. The predicted octanol–water partition coefficient (Wildman–Crippen LogP) is -0.0304. The minimum atomic E-state index is -3.63. The molecule has 0 unspecified atom stereocenters. The topological polar surface area (TPSA) is 100 Å². The van der Waals surface area contributed by atoms with E-state index in [-0.39, 0.29) is 10.7 Å². The summed E-state index contributed by atoms with van der Waals surface area (Å²) in [6.07, 6.45) is 1.47. The average Bonchev–Trinajstić information content (AvgIpc) is 2.28. The van der Waals surface area contributed by atoms with Gasteiger partial charge < -0.3 is 10.3 Å². The number of hydrazine groups is 1. The van der Waals surface area contributed by atoms with E-state index >= 15 is 0 Å². The molecule has 0 radical (unpaired) electrons. The lowest BCUT2D eigenvalue weighted by atomic mass is 10.5. The molecule has 0 atom stereocenters. The lowest BCUT2D eigenvalue weighted by Gasteiger charge is -2.12. The van der Waals surface area contributed by atoms with Crippen molar-refractivity contribution >= 4 is 31.8 Å². The summed E-state index contributed by atoms with van der Waals surface area (Å²) < 4.78 is 27.2. The third kappa shape index (κ3) is 4.18. The van der Waals surface area contributed by atoms with Crippen molar-refractivity contribution in [3.8, 4) is 0 Å². The van der Waals surface area contributed by atoms with Crippen LogP contribution < -0.4 is 16.0 Å². The van der Waals surface area contributed by atoms with Crippen molar-refractivity contribution in [1.82, 2.24) is 14.6 Å². The van der Waals surface area contributed by atoms with Gasteiger partial charge in [0.15, 0.2) is 5.82 Å². The van der Waals surface area contributed by atoms with Crippen LogP contribution in [-0.4, -0.2) is 45.5 Å². The number of nitrogens with two attached hydrogens (primary N) is 1. The van der Waals surface area contributed by atoms with Crippen molar-refractivity contribution in [2.75, 3.05) is 32.6 Å². The number of anilines is 1. The molecule has 0 amide bonds. The van der Waals surface area contributed by atoms with Crippen LogP contribution in [0.4, 0.5) is 5.82 Å². The first kappa shape index (κ1) is 15.3. The van der Waals surface area contributed by atoms with E-state index in [9.17, 15) is 8.42 Å². The molecule has 1 heterocycles. The molecule has 1 aromatic rings. The predicted molar refractivity (Wildman–Crippen MR) is 73.5 cm³/mol. The van der Waals surface area contributed by atoms with Gasteiger partial charge in [0.1, 0.15) is 4.90 Å². The number of likely N-dealkylation sites (N-methyl/N-ethyl adjacent to an activating group) is 1. The molecule has 0 aliphatic carbocycles. The van der Waals surface area contributed by atoms with Crippen LogP contribution in [0, 0.1) is 0 Å². The first-order valence-electron chi connectivity index (χ1n) is 5.13. The molecule has 102 valence electrons. The fourth-order valence-electron chi connectivity index (χ4n) is 1.22. The van der Waals surface area contributed by atoms with Gasteiger partial charge >= 0.3 is 0 Å². The fraction of sp³-hybridized carbons (Fsp3) is 0.444. The number of hydrogen-bond acceptors (Lipinski definition) is 6. The van der Waals surface area contributed by atoms with E-state index in [0.717, 1.165) is 0 Å². The first-order valence-corrected chi connectivity index (χ1v) is 7.41. The zero-order valence-corrected chi connectivity index (χ0v) is 12.5. The summed E-state index contributed by atoms with van der Waals surface area (Å²) in [5, 5.41) is 0. The SMILES string of the molecule is CN(C)CCNS(=O)(=O)c1cc(Br)cnc1NN.